The van der Waals surface area contributed by atoms with Crippen LogP contribution >= 0.6 is 0 Å². The van der Waals surface area contributed by atoms with Gasteiger partial charge >= 0.3 is 6.03 Å². The molecule has 1 aliphatic carbocycles. The van der Waals surface area contributed by atoms with E-state index >= 15 is 0 Å². The first-order chi connectivity index (χ1) is 9.55. The van der Waals surface area contributed by atoms with Crippen LogP contribution in [0.4, 0.5) is 4.79 Å². The number of hydrogen-bond acceptors (Lipinski definition) is 3. The molecule has 0 radical (unpaired) electrons. The third kappa shape index (κ3) is 2.95. The Labute approximate surface area is 121 Å². The van der Waals surface area contributed by atoms with Crippen LogP contribution in [0.15, 0.2) is 0 Å². The Balaban J connectivity index is 1.51. The molecule has 0 spiro atoms. The van der Waals surface area contributed by atoms with E-state index in [4.69, 9.17) is 0 Å². The Morgan fingerprint density at radius 1 is 1.15 bits per heavy atom. The van der Waals surface area contributed by atoms with E-state index in [1.807, 2.05) is 4.90 Å². The number of carbonyl (C=O) groups excluding carboxylic acids is 1. The van der Waals surface area contributed by atoms with Crippen LogP contribution in [0.25, 0.3) is 0 Å². The van der Waals surface area contributed by atoms with Gasteiger partial charge in [-0.3, -0.25) is 0 Å². The Hall–Kier alpha value is -0.780. The number of fused-ring (bicyclic) bond motifs is 1. The summed E-state index contributed by atoms with van der Waals surface area (Å²) in [4.78, 5) is 14.3. The quantitative estimate of drug-likeness (QED) is 0.838. The van der Waals surface area contributed by atoms with Crippen molar-refractivity contribution in [1.29, 1.82) is 0 Å². The number of nitrogens with one attached hydrogen (secondary N) is 1. The average molecular weight is 300 g/mol. The van der Waals surface area contributed by atoms with Gasteiger partial charge in [0, 0.05) is 19.1 Å². The summed E-state index contributed by atoms with van der Waals surface area (Å²) in [5.74, 6) is 1.32. The average Bonchev–Trinajstić information content (AvgIpc) is 3.01. The zero-order valence-corrected chi connectivity index (χ0v) is 12.7. The van der Waals surface area contributed by atoms with Crippen LogP contribution in [0, 0.1) is 11.8 Å². The number of hydrogen-bond donors (Lipinski definition) is 1. The summed E-state index contributed by atoms with van der Waals surface area (Å²) in [6.07, 6.45) is 6.68. The van der Waals surface area contributed by atoms with Gasteiger partial charge in [0.05, 0.1) is 11.5 Å². The molecule has 3 aliphatic rings. The maximum Gasteiger partial charge on any atom is 0.317 e. The highest BCUT2D eigenvalue weighted by Crippen LogP contribution is 2.36. The molecule has 1 saturated carbocycles. The maximum absolute atomic E-state index is 12.3. The lowest BCUT2D eigenvalue weighted by atomic mass is 9.92. The molecule has 20 heavy (non-hydrogen) atoms. The molecule has 3 fully saturated rings. The smallest absolute Gasteiger partial charge is 0.317 e. The van der Waals surface area contributed by atoms with Crippen LogP contribution in [0.1, 0.15) is 38.5 Å². The van der Waals surface area contributed by atoms with E-state index in [2.05, 4.69) is 5.32 Å². The van der Waals surface area contributed by atoms with E-state index in [9.17, 15) is 13.2 Å². The van der Waals surface area contributed by atoms with Crippen molar-refractivity contribution in [3.8, 4) is 0 Å². The lowest BCUT2D eigenvalue weighted by Crippen LogP contribution is -2.51. The van der Waals surface area contributed by atoms with Crippen LogP contribution in [0.3, 0.4) is 0 Å². The van der Waals surface area contributed by atoms with E-state index in [0.29, 0.717) is 24.9 Å². The van der Waals surface area contributed by atoms with Crippen LogP contribution in [-0.2, 0) is 9.84 Å². The molecule has 5 nitrogen and oxygen atoms in total. The van der Waals surface area contributed by atoms with Crippen molar-refractivity contribution in [1.82, 2.24) is 10.2 Å². The molecule has 0 bridgehead atoms. The van der Waals surface area contributed by atoms with Crippen molar-refractivity contribution in [2.45, 2.75) is 44.6 Å². The molecule has 0 aromatic heterocycles. The van der Waals surface area contributed by atoms with Gasteiger partial charge in [0.15, 0.2) is 9.84 Å². The molecule has 6 heteroatoms. The van der Waals surface area contributed by atoms with Crippen molar-refractivity contribution < 1.29 is 13.2 Å². The topological polar surface area (TPSA) is 66.5 Å². The molecule has 0 aromatic carbocycles. The lowest BCUT2D eigenvalue weighted by molar-refractivity contribution is 0.127. The van der Waals surface area contributed by atoms with Gasteiger partial charge in [0.2, 0.25) is 0 Å². The van der Waals surface area contributed by atoms with Crippen LogP contribution in [-0.4, -0.2) is 50.0 Å². The number of nitrogens with zero attached hydrogens (tertiary/aromatic N) is 1. The van der Waals surface area contributed by atoms with Crippen molar-refractivity contribution in [3.05, 3.63) is 0 Å². The van der Waals surface area contributed by atoms with Crippen molar-refractivity contribution >= 4 is 15.9 Å². The van der Waals surface area contributed by atoms with Crippen LogP contribution < -0.4 is 5.32 Å². The molecular weight excluding hydrogens is 276 g/mol. The predicted molar refractivity (Wildman–Crippen MR) is 77.2 cm³/mol. The Bertz CT molecular complexity index is 477. The first-order valence-electron chi connectivity index (χ1n) is 7.80. The maximum atomic E-state index is 12.3. The SMILES string of the molecule is O=C(NC[C@@H]1CCS(=O)(=O)C1)N1CCC[C@H]2CCC[C@H]21. The van der Waals surface area contributed by atoms with E-state index < -0.39 is 9.84 Å². The Morgan fingerprint density at radius 2 is 1.95 bits per heavy atom. The molecule has 114 valence electrons. The molecule has 3 rings (SSSR count). The third-order valence-corrected chi connectivity index (χ3v) is 6.96. The summed E-state index contributed by atoms with van der Waals surface area (Å²) in [5.41, 5.74) is 0. The highest BCUT2D eigenvalue weighted by Gasteiger charge is 2.37. The minimum Gasteiger partial charge on any atom is -0.338 e. The first kappa shape index (κ1) is 14.2. The van der Waals surface area contributed by atoms with Crippen LogP contribution in [0.2, 0.25) is 0 Å². The number of piperidine rings is 1. The van der Waals surface area contributed by atoms with Gasteiger partial charge in [-0.15, -0.1) is 0 Å². The van der Waals surface area contributed by atoms with Gasteiger partial charge in [-0.2, -0.15) is 0 Å². The minimum atomic E-state index is -2.85. The molecule has 2 amide bonds. The highest BCUT2D eigenvalue weighted by molar-refractivity contribution is 7.91. The summed E-state index contributed by atoms with van der Waals surface area (Å²) >= 11 is 0. The summed E-state index contributed by atoms with van der Waals surface area (Å²) in [6.45, 7) is 1.36. The second-order valence-electron chi connectivity index (χ2n) is 6.55. The second-order valence-corrected chi connectivity index (χ2v) is 8.78. The van der Waals surface area contributed by atoms with E-state index in [0.717, 1.165) is 19.4 Å². The summed E-state index contributed by atoms with van der Waals surface area (Å²) in [5, 5.41) is 2.97. The monoisotopic (exact) mass is 300 g/mol. The van der Waals surface area contributed by atoms with Gasteiger partial charge in [-0.1, -0.05) is 6.42 Å². The summed E-state index contributed by atoms with van der Waals surface area (Å²) in [6, 6.07) is 0.446. The van der Waals surface area contributed by atoms with E-state index in [1.54, 1.807) is 0 Å². The number of amides is 2. The van der Waals surface area contributed by atoms with Crippen LogP contribution in [0.5, 0.6) is 0 Å². The lowest BCUT2D eigenvalue weighted by Gasteiger charge is -2.37. The highest BCUT2D eigenvalue weighted by atomic mass is 32.2. The standard InChI is InChI=1S/C14H24N2O3S/c17-14(15-9-11-6-8-20(18,19)10-11)16-7-2-4-12-3-1-5-13(12)16/h11-13H,1-10H2,(H,15,17)/t11-,12+,13+/m0/s1. The second kappa shape index (κ2) is 5.54. The van der Waals surface area contributed by atoms with Gasteiger partial charge in [-0.05, 0) is 43.9 Å². The molecule has 0 aromatic rings. The molecule has 2 heterocycles. The zero-order chi connectivity index (χ0) is 14.2. The number of rotatable bonds is 2. The fourth-order valence-electron chi connectivity index (χ4n) is 4.07. The normalized spacial score (nSPS) is 35.8. The van der Waals surface area contributed by atoms with Crippen molar-refractivity contribution in [3.63, 3.8) is 0 Å². The summed E-state index contributed by atoms with van der Waals surface area (Å²) in [7, 11) is -2.85. The largest absolute Gasteiger partial charge is 0.338 e. The fraction of sp³-hybridized carbons (Fsp3) is 0.929. The van der Waals surface area contributed by atoms with Gasteiger partial charge in [0.1, 0.15) is 0 Å². The zero-order valence-electron chi connectivity index (χ0n) is 11.9. The molecular formula is C14H24N2O3S. The number of likely N-dealkylation sites (tertiary alicyclic amines) is 1. The number of urea groups is 1. The molecule has 0 unspecified atom stereocenters. The number of sulfone groups is 1. The van der Waals surface area contributed by atoms with Gasteiger partial charge < -0.3 is 10.2 Å². The number of carbonyl (C=O) groups is 1. The fourth-order valence-corrected chi connectivity index (χ4v) is 5.93. The molecule has 1 N–H and O–H groups in total. The van der Waals surface area contributed by atoms with E-state index in [1.165, 1.54) is 19.3 Å². The Morgan fingerprint density at radius 3 is 2.70 bits per heavy atom. The predicted octanol–water partition coefficient (Wildman–Crippen LogP) is 1.40. The minimum absolute atomic E-state index is 0.0193. The van der Waals surface area contributed by atoms with Crippen molar-refractivity contribution in [2.24, 2.45) is 11.8 Å². The molecule has 2 saturated heterocycles. The van der Waals surface area contributed by atoms with Gasteiger partial charge in [-0.25, -0.2) is 13.2 Å². The summed E-state index contributed by atoms with van der Waals surface area (Å²) < 4.78 is 22.8. The first-order valence-corrected chi connectivity index (χ1v) is 9.62. The van der Waals surface area contributed by atoms with E-state index in [-0.39, 0.29) is 23.5 Å². The molecule has 2 aliphatic heterocycles. The van der Waals surface area contributed by atoms with Crippen molar-refractivity contribution in [2.75, 3.05) is 24.6 Å². The van der Waals surface area contributed by atoms with Gasteiger partial charge in [0.25, 0.3) is 0 Å². The molecule has 3 atom stereocenters. The third-order valence-electron chi connectivity index (χ3n) is 5.12. The Kier molecular flexibility index (Phi) is 3.93.